The van der Waals surface area contributed by atoms with E-state index in [0.29, 0.717) is 43.7 Å². The molecule has 1 saturated carbocycles. The molecule has 0 radical (unpaired) electrons. The van der Waals surface area contributed by atoms with Gasteiger partial charge in [0.2, 0.25) is 15.9 Å². The van der Waals surface area contributed by atoms with Gasteiger partial charge in [0.05, 0.1) is 11.4 Å². The molecule has 0 bridgehead atoms. The number of carbonyl (C=O) groups excluding carboxylic acids is 1. The summed E-state index contributed by atoms with van der Waals surface area (Å²) in [5.74, 6) is 0.647. The van der Waals surface area contributed by atoms with Crippen LogP contribution in [0.25, 0.3) is 0 Å². The second kappa shape index (κ2) is 9.37. The largest absolute Gasteiger partial charge is 0.355 e. The molecule has 1 aromatic rings. The van der Waals surface area contributed by atoms with E-state index in [-0.39, 0.29) is 10.8 Å². The van der Waals surface area contributed by atoms with Crippen molar-refractivity contribution in [2.45, 2.75) is 37.0 Å². The second-order valence-electron chi connectivity index (χ2n) is 7.45. The normalized spacial score (nSPS) is 20.5. The third kappa shape index (κ3) is 5.67. The van der Waals surface area contributed by atoms with Gasteiger partial charge in [0.25, 0.3) is 0 Å². The van der Waals surface area contributed by atoms with Crippen molar-refractivity contribution in [1.29, 1.82) is 0 Å². The summed E-state index contributed by atoms with van der Waals surface area (Å²) in [6, 6.07) is 6.33. The summed E-state index contributed by atoms with van der Waals surface area (Å²) in [5.41, 5.74) is 0. The number of piperazine rings is 1. The zero-order valence-corrected chi connectivity index (χ0v) is 17.1. The molecule has 0 aromatic heterocycles. The van der Waals surface area contributed by atoms with Crippen LogP contribution in [0.15, 0.2) is 29.2 Å². The van der Waals surface area contributed by atoms with Crippen molar-refractivity contribution in [2.75, 3.05) is 39.3 Å². The lowest BCUT2D eigenvalue weighted by molar-refractivity contribution is -0.122. The van der Waals surface area contributed by atoms with Crippen molar-refractivity contribution in [1.82, 2.24) is 14.5 Å². The molecule has 1 aromatic carbocycles. The van der Waals surface area contributed by atoms with E-state index in [0.717, 1.165) is 6.54 Å². The number of carbonyl (C=O) groups is 1. The number of halogens is 1. The molecule has 1 heterocycles. The average Bonchev–Trinajstić information content (AvgIpc) is 2.68. The Morgan fingerprint density at radius 3 is 2.48 bits per heavy atom. The van der Waals surface area contributed by atoms with Crippen molar-refractivity contribution in [3.63, 3.8) is 0 Å². The predicted molar refractivity (Wildman–Crippen MR) is 106 cm³/mol. The minimum Gasteiger partial charge on any atom is -0.355 e. The fraction of sp³-hybridized carbons (Fsp3) is 0.632. The lowest BCUT2D eigenvalue weighted by Crippen LogP contribution is -2.51. The van der Waals surface area contributed by atoms with Crippen molar-refractivity contribution >= 4 is 27.5 Å². The molecule has 1 aliphatic carbocycles. The summed E-state index contributed by atoms with van der Waals surface area (Å²) in [6.45, 7) is 2.96. The van der Waals surface area contributed by atoms with Crippen LogP contribution in [0.4, 0.5) is 0 Å². The molecule has 1 amide bonds. The molecular weight excluding hydrogens is 386 g/mol. The highest BCUT2D eigenvalue weighted by atomic mass is 35.5. The summed E-state index contributed by atoms with van der Waals surface area (Å²) in [7, 11) is -3.54. The van der Waals surface area contributed by atoms with Gasteiger partial charge < -0.3 is 5.32 Å². The molecule has 2 fully saturated rings. The number of nitrogens with zero attached hydrogens (tertiary/aromatic N) is 2. The Labute approximate surface area is 166 Å². The number of nitrogens with one attached hydrogen (secondary N) is 1. The molecule has 2 aliphatic rings. The van der Waals surface area contributed by atoms with E-state index in [2.05, 4.69) is 5.32 Å². The van der Waals surface area contributed by atoms with Crippen LogP contribution in [0.1, 0.15) is 32.1 Å². The maximum absolute atomic E-state index is 12.7. The third-order valence-electron chi connectivity index (χ3n) is 5.44. The van der Waals surface area contributed by atoms with Crippen LogP contribution >= 0.6 is 11.6 Å². The smallest absolute Gasteiger partial charge is 0.243 e. The van der Waals surface area contributed by atoms with E-state index in [4.69, 9.17) is 11.6 Å². The Hall–Kier alpha value is -1.15. The summed E-state index contributed by atoms with van der Waals surface area (Å²) in [5, 5.41) is 3.45. The third-order valence-corrected chi connectivity index (χ3v) is 7.57. The zero-order valence-electron chi connectivity index (χ0n) is 15.6. The summed E-state index contributed by atoms with van der Waals surface area (Å²) in [6.07, 6.45) is 6.26. The van der Waals surface area contributed by atoms with Crippen molar-refractivity contribution < 1.29 is 13.2 Å². The number of amides is 1. The highest BCUT2D eigenvalue weighted by Gasteiger charge is 2.29. The summed E-state index contributed by atoms with van der Waals surface area (Å²) >= 11 is 5.92. The fourth-order valence-electron chi connectivity index (χ4n) is 3.81. The number of benzene rings is 1. The first-order valence-electron chi connectivity index (χ1n) is 9.70. The first-order chi connectivity index (χ1) is 12.9. The monoisotopic (exact) mass is 413 g/mol. The molecular formula is C19H28ClN3O3S. The van der Waals surface area contributed by atoms with Gasteiger partial charge in [-0.3, -0.25) is 9.69 Å². The molecule has 3 rings (SSSR count). The van der Waals surface area contributed by atoms with E-state index in [1.54, 1.807) is 18.2 Å². The van der Waals surface area contributed by atoms with E-state index in [9.17, 15) is 13.2 Å². The van der Waals surface area contributed by atoms with E-state index < -0.39 is 10.0 Å². The average molecular weight is 414 g/mol. The van der Waals surface area contributed by atoms with Gasteiger partial charge in [-0.1, -0.05) is 36.9 Å². The Bertz CT molecular complexity index is 742. The number of hydrogen-bond donors (Lipinski definition) is 1. The quantitative estimate of drug-likeness (QED) is 0.777. The highest BCUT2D eigenvalue weighted by molar-refractivity contribution is 7.89. The Balaban J connectivity index is 1.45. The minimum atomic E-state index is -3.54. The van der Waals surface area contributed by atoms with Gasteiger partial charge >= 0.3 is 0 Å². The molecule has 1 saturated heterocycles. The molecule has 27 heavy (non-hydrogen) atoms. The molecule has 1 N–H and O–H groups in total. The van der Waals surface area contributed by atoms with Gasteiger partial charge in [-0.25, -0.2) is 8.42 Å². The fourth-order valence-corrected chi connectivity index (χ4v) is 5.54. The van der Waals surface area contributed by atoms with Crippen molar-refractivity contribution in [3.8, 4) is 0 Å². The topological polar surface area (TPSA) is 69.7 Å². The van der Waals surface area contributed by atoms with Crippen LogP contribution in [0.2, 0.25) is 5.02 Å². The van der Waals surface area contributed by atoms with Gasteiger partial charge in [-0.2, -0.15) is 4.31 Å². The lowest BCUT2D eigenvalue weighted by Gasteiger charge is -2.33. The van der Waals surface area contributed by atoms with Crippen molar-refractivity contribution in [2.24, 2.45) is 5.92 Å². The van der Waals surface area contributed by atoms with E-state index >= 15 is 0 Å². The SMILES string of the molecule is O=C(CN1CCN(S(=O)(=O)c2cccc(Cl)c2)CC1)NCC1CCCCC1. The number of rotatable bonds is 6. The molecule has 1 aliphatic heterocycles. The second-order valence-corrected chi connectivity index (χ2v) is 9.82. The van der Waals surface area contributed by atoms with Crippen molar-refractivity contribution in [3.05, 3.63) is 29.3 Å². The molecule has 0 unspecified atom stereocenters. The molecule has 8 heteroatoms. The minimum absolute atomic E-state index is 0.0340. The zero-order chi connectivity index (χ0) is 19.3. The van der Waals surface area contributed by atoms with Crippen LogP contribution in [0.5, 0.6) is 0 Å². The highest BCUT2D eigenvalue weighted by Crippen LogP contribution is 2.23. The maximum Gasteiger partial charge on any atom is 0.243 e. The van der Waals surface area contributed by atoms with Gasteiger partial charge in [-0.15, -0.1) is 0 Å². The number of sulfonamides is 1. The van der Waals surface area contributed by atoms with E-state index in [1.807, 2.05) is 4.90 Å². The van der Waals surface area contributed by atoms with Crippen LogP contribution in [0.3, 0.4) is 0 Å². The molecule has 6 nitrogen and oxygen atoms in total. The Morgan fingerprint density at radius 2 is 1.81 bits per heavy atom. The number of hydrogen-bond acceptors (Lipinski definition) is 4. The Kier molecular flexibility index (Phi) is 7.14. The summed E-state index contributed by atoms with van der Waals surface area (Å²) < 4.78 is 26.9. The Morgan fingerprint density at radius 1 is 1.11 bits per heavy atom. The molecule has 0 spiro atoms. The van der Waals surface area contributed by atoms with Crippen LogP contribution < -0.4 is 5.32 Å². The van der Waals surface area contributed by atoms with Gasteiger partial charge in [0.15, 0.2) is 0 Å². The first kappa shape index (κ1) is 20.6. The van der Waals surface area contributed by atoms with Crippen LogP contribution in [-0.4, -0.2) is 62.8 Å². The maximum atomic E-state index is 12.7. The van der Waals surface area contributed by atoms with Gasteiger partial charge in [0.1, 0.15) is 0 Å². The first-order valence-corrected chi connectivity index (χ1v) is 11.5. The van der Waals surface area contributed by atoms with E-state index in [1.165, 1.54) is 42.5 Å². The van der Waals surface area contributed by atoms with Gasteiger partial charge in [0, 0.05) is 37.7 Å². The van der Waals surface area contributed by atoms with Crippen LogP contribution in [-0.2, 0) is 14.8 Å². The van der Waals surface area contributed by atoms with Gasteiger partial charge in [-0.05, 0) is 37.0 Å². The summed E-state index contributed by atoms with van der Waals surface area (Å²) in [4.78, 5) is 14.4. The standard InChI is InChI=1S/C19H28ClN3O3S/c20-17-7-4-8-18(13-17)27(25,26)23-11-9-22(10-12-23)15-19(24)21-14-16-5-2-1-3-6-16/h4,7-8,13,16H,1-3,5-6,9-12,14-15H2,(H,21,24). The van der Waals surface area contributed by atoms with Crippen LogP contribution in [0, 0.1) is 5.92 Å². The predicted octanol–water partition coefficient (Wildman–Crippen LogP) is 2.34. The lowest BCUT2D eigenvalue weighted by atomic mass is 9.89. The molecule has 150 valence electrons. The molecule has 0 atom stereocenters.